The lowest BCUT2D eigenvalue weighted by molar-refractivity contribution is 0.824. The first-order valence-electron chi connectivity index (χ1n) is 6.36. The maximum Gasteiger partial charge on any atom is 0.0417 e. The molecule has 0 saturated carbocycles. The highest BCUT2D eigenvalue weighted by molar-refractivity contribution is 8.03. The molecule has 0 spiro atoms. The molecule has 3 rings (SSSR count). The van der Waals surface area contributed by atoms with Gasteiger partial charge in [-0.05, 0) is 42.7 Å². The minimum absolute atomic E-state index is 0.400. The number of hydrogen-bond acceptors (Lipinski definition) is 2. The van der Waals surface area contributed by atoms with Crippen molar-refractivity contribution in [2.75, 3.05) is 0 Å². The van der Waals surface area contributed by atoms with E-state index in [1.807, 2.05) is 19.1 Å². The highest BCUT2D eigenvalue weighted by Crippen LogP contribution is 2.53. The van der Waals surface area contributed by atoms with Gasteiger partial charge < -0.3 is 5.73 Å². The molecule has 0 bridgehead atoms. The van der Waals surface area contributed by atoms with Crippen LogP contribution in [0.2, 0.25) is 0 Å². The second-order valence-corrected chi connectivity index (χ2v) is 5.82. The van der Waals surface area contributed by atoms with Gasteiger partial charge >= 0.3 is 0 Å². The van der Waals surface area contributed by atoms with Crippen LogP contribution < -0.4 is 5.73 Å². The second-order valence-electron chi connectivity index (χ2n) is 4.73. The first-order valence-corrected chi connectivity index (χ1v) is 7.17. The molecule has 1 atom stereocenters. The second kappa shape index (κ2) is 4.68. The summed E-state index contributed by atoms with van der Waals surface area (Å²) >= 11 is 1.79. The highest BCUT2D eigenvalue weighted by atomic mass is 32.2. The molecule has 1 aromatic rings. The van der Waals surface area contributed by atoms with E-state index in [1.165, 1.54) is 15.4 Å². The normalized spacial score (nSPS) is 20.5. The first kappa shape index (κ1) is 12.2. The molecule has 1 unspecified atom stereocenters. The van der Waals surface area contributed by atoms with Crippen molar-refractivity contribution in [2.45, 2.75) is 24.2 Å². The van der Waals surface area contributed by atoms with E-state index in [4.69, 9.17) is 12.2 Å². The van der Waals surface area contributed by atoms with Gasteiger partial charge in [-0.1, -0.05) is 35.9 Å². The summed E-state index contributed by atoms with van der Waals surface area (Å²) < 4.78 is 0. The van der Waals surface area contributed by atoms with E-state index in [0.29, 0.717) is 5.92 Å². The van der Waals surface area contributed by atoms with E-state index in [9.17, 15) is 0 Å². The van der Waals surface area contributed by atoms with Crippen LogP contribution in [0.1, 0.15) is 36.0 Å². The van der Waals surface area contributed by atoms with Gasteiger partial charge in [-0.3, -0.25) is 0 Å². The van der Waals surface area contributed by atoms with Gasteiger partial charge in [0.05, 0.1) is 0 Å². The van der Waals surface area contributed by atoms with Crippen LogP contribution in [-0.4, -0.2) is 0 Å². The molecule has 1 aromatic carbocycles. The topological polar surface area (TPSA) is 26.0 Å². The molecule has 0 aromatic heterocycles. The maximum atomic E-state index is 6.08. The largest absolute Gasteiger partial charge is 0.398 e. The number of rotatable bonds is 1. The van der Waals surface area contributed by atoms with Gasteiger partial charge in [0.2, 0.25) is 0 Å². The lowest BCUT2D eigenvalue weighted by Gasteiger charge is -2.16. The van der Waals surface area contributed by atoms with Crippen LogP contribution in [0.25, 0.3) is 6.08 Å². The molecule has 0 saturated heterocycles. The van der Waals surface area contributed by atoms with E-state index in [-0.39, 0.29) is 0 Å². The molecule has 0 amide bonds. The molecule has 1 aliphatic heterocycles. The summed E-state index contributed by atoms with van der Waals surface area (Å²) in [7, 11) is 0. The van der Waals surface area contributed by atoms with E-state index in [2.05, 4.69) is 30.2 Å². The Bertz CT molecular complexity index is 671. The van der Waals surface area contributed by atoms with Crippen molar-refractivity contribution in [3.8, 4) is 12.3 Å². The van der Waals surface area contributed by atoms with Crippen LogP contribution in [0, 0.1) is 12.3 Å². The van der Waals surface area contributed by atoms with Crippen LogP contribution in [0.15, 0.2) is 45.9 Å². The molecular formula is C17H15NS. The summed E-state index contributed by atoms with van der Waals surface area (Å²) in [6.45, 7) is 2.00. The van der Waals surface area contributed by atoms with Crippen molar-refractivity contribution in [3.63, 3.8) is 0 Å². The predicted molar refractivity (Wildman–Crippen MR) is 82.7 cm³/mol. The molecule has 0 radical (unpaired) electrons. The Balaban J connectivity index is 2.15. The molecule has 1 heterocycles. The van der Waals surface area contributed by atoms with Gasteiger partial charge in [-0.2, -0.15) is 0 Å². The number of thioether (sulfide) groups is 1. The van der Waals surface area contributed by atoms with Gasteiger partial charge in [0, 0.05) is 27.0 Å². The fourth-order valence-electron chi connectivity index (χ4n) is 2.65. The van der Waals surface area contributed by atoms with Crippen LogP contribution in [0.4, 0.5) is 0 Å². The molecule has 2 heteroatoms. The monoisotopic (exact) mass is 265 g/mol. The summed E-state index contributed by atoms with van der Waals surface area (Å²) in [6.07, 6.45) is 14.9. The SMILES string of the molecule is C#Cc1cc2c(cc1/C=C\C)SC1=C(N)C=CCC12. The molecule has 2 N–H and O–H groups in total. The van der Waals surface area contributed by atoms with E-state index >= 15 is 0 Å². The van der Waals surface area contributed by atoms with Crippen LogP contribution in [0.5, 0.6) is 0 Å². The summed E-state index contributed by atoms with van der Waals surface area (Å²) in [6, 6.07) is 4.34. The van der Waals surface area contributed by atoms with E-state index in [0.717, 1.165) is 23.2 Å². The van der Waals surface area contributed by atoms with Crippen molar-refractivity contribution < 1.29 is 0 Å². The quantitative estimate of drug-likeness (QED) is 0.776. The zero-order valence-corrected chi connectivity index (χ0v) is 11.6. The average molecular weight is 265 g/mol. The number of terminal acetylenes is 1. The molecule has 1 aliphatic carbocycles. The van der Waals surface area contributed by atoms with Crippen molar-refractivity contribution in [1.29, 1.82) is 0 Å². The molecule has 2 aliphatic rings. The number of benzene rings is 1. The van der Waals surface area contributed by atoms with Crippen molar-refractivity contribution in [2.24, 2.45) is 5.73 Å². The smallest absolute Gasteiger partial charge is 0.0417 e. The van der Waals surface area contributed by atoms with Crippen molar-refractivity contribution >= 4 is 17.8 Å². The fraction of sp³-hybridized carbons (Fsp3) is 0.176. The zero-order valence-electron chi connectivity index (χ0n) is 10.8. The number of nitrogens with two attached hydrogens (primary N) is 1. The molecule has 1 nitrogen and oxygen atoms in total. The van der Waals surface area contributed by atoms with Gasteiger partial charge in [0.25, 0.3) is 0 Å². The maximum absolute atomic E-state index is 6.08. The number of allylic oxidation sites excluding steroid dienone is 4. The highest BCUT2D eigenvalue weighted by Gasteiger charge is 2.31. The third-order valence-corrected chi connectivity index (χ3v) is 4.86. The summed E-state index contributed by atoms with van der Waals surface area (Å²) in [5.74, 6) is 3.19. The summed E-state index contributed by atoms with van der Waals surface area (Å²) in [5.41, 5.74) is 10.4. The Morgan fingerprint density at radius 3 is 3.05 bits per heavy atom. The number of fused-ring (bicyclic) bond motifs is 3. The molecule has 0 fully saturated rings. The first-order chi connectivity index (χ1) is 9.24. The lowest BCUT2D eigenvalue weighted by atomic mass is 9.89. The predicted octanol–water partition coefficient (Wildman–Crippen LogP) is 4.02. The Kier molecular flexibility index (Phi) is 3.00. The number of hydrogen-bond donors (Lipinski definition) is 1. The summed E-state index contributed by atoms with van der Waals surface area (Å²) in [5, 5.41) is 0. The standard InChI is InChI=1S/C17H15NS/c1-3-6-12-10-16-14(9-11(12)4-2)13-7-5-8-15(18)17(13)19-16/h2-3,5-6,8-10,13H,7,18H2,1H3/b6-3-. The summed E-state index contributed by atoms with van der Waals surface area (Å²) in [4.78, 5) is 2.57. The van der Waals surface area contributed by atoms with Crippen LogP contribution in [-0.2, 0) is 0 Å². The van der Waals surface area contributed by atoms with Gasteiger partial charge in [-0.15, -0.1) is 6.42 Å². The molecule has 19 heavy (non-hydrogen) atoms. The van der Waals surface area contributed by atoms with Crippen molar-refractivity contribution in [3.05, 3.63) is 57.7 Å². The Hall–Kier alpha value is -1.85. The minimum Gasteiger partial charge on any atom is -0.398 e. The molecule has 94 valence electrons. The van der Waals surface area contributed by atoms with Gasteiger partial charge in [0.15, 0.2) is 0 Å². The Morgan fingerprint density at radius 1 is 1.47 bits per heavy atom. The molecular weight excluding hydrogens is 250 g/mol. The Morgan fingerprint density at radius 2 is 2.32 bits per heavy atom. The van der Waals surface area contributed by atoms with Crippen LogP contribution >= 0.6 is 11.8 Å². The third-order valence-electron chi connectivity index (χ3n) is 3.55. The van der Waals surface area contributed by atoms with Gasteiger partial charge in [-0.25, -0.2) is 0 Å². The fourth-order valence-corrected chi connectivity index (χ4v) is 3.95. The zero-order chi connectivity index (χ0) is 13.4. The van der Waals surface area contributed by atoms with E-state index < -0.39 is 0 Å². The lowest BCUT2D eigenvalue weighted by Crippen LogP contribution is -2.06. The average Bonchev–Trinajstić information content (AvgIpc) is 2.77. The Labute approximate surface area is 118 Å². The van der Waals surface area contributed by atoms with Gasteiger partial charge in [0.1, 0.15) is 0 Å². The van der Waals surface area contributed by atoms with Crippen molar-refractivity contribution in [1.82, 2.24) is 0 Å². The third kappa shape index (κ3) is 1.91. The van der Waals surface area contributed by atoms with Crippen LogP contribution in [0.3, 0.4) is 0 Å². The minimum atomic E-state index is 0.400. The van der Waals surface area contributed by atoms with E-state index in [1.54, 1.807) is 11.8 Å².